The van der Waals surface area contributed by atoms with E-state index in [2.05, 4.69) is 31.0 Å². The van der Waals surface area contributed by atoms with Gasteiger partial charge in [-0.3, -0.25) is 0 Å². The minimum absolute atomic E-state index is 0.505. The van der Waals surface area contributed by atoms with Crippen molar-refractivity contribution in [1.82, 2.24) is 10.2 Å². The smallest absolute Gasteiger partial charge is 0.169 e. The molecule has 0 heterocycles. The van der Waals surface area contributed by atoms with Crippen LogP contribution in [0, 0.1) is 0 Å². The summed E-state index contributed by atoms with van der Waals surface area (Å²) in [6, 6.07) is 1.13. The van der Waals surface area contributed by atoms with Gasteiger partial charge in [0.25, 0.3) is 0 Å². The molecule has 0 aromatic rings. The van der Waals surface area contributed by atoms with Gasteiger partial charge in [0.1, 0.15) is 0 Å². The van der Waals surface area contributed by atoms with Crippen LogP contribution in [0.2, 0.25) is 0 Å². The molecule has 0 aliphatic heterocycles. The van der Waals surface area contributed by atoms with Crippen molar-refractivity contribution in [3.63, 3.8) is 0 Å². The zero-order valence-corrected chi connectivity index (χ0v) is 13.2. The van der Waals surface area contributed by atoms with Crippen molar-refractivity contribution in [2.75, 3.05) is 6.54 Å². The molecule has 3 heteroatoms. The molecule has 1 saturated carbocycles. The van der Waals surface area contributed by atoms with Crippen molar-refractivity contribution in [2.45, 2.75) is 84.2 Å². The van der Waals surface area contributed by atoms with Crippen LogP contribution in [0.1, 0.15) is 72.1 Å². The van der Waals surface area contributed by atoms with Gasteiger partial charge >= 0.3 is 0 Å². The van der Waals surface area contributed by atoms with Gasteiger partial charge in [0.05, 0.1) is 0 Å². The second kappa shape index (κ2) is 8.73. The van der Waals surface area contributed by atoms with E-state index in [0.717, 1.165) is 11.7 Å². The normalized spacial score (nSPS) is 16.9. The Labute approximate surface area is 119 Å². The third-order valence-electron chi connectivity index (χ3n) is 3.82. The van der Waals surface area contributed by atoms with Crippen molar-refractivity contribution in [2.24, 2.45) is 0 Å². The SMILES string of the molecule is CCCCCN(C(=S)NC1CCCCC1)C(C)C. The maximum absolute atomic E-state index is 5.60. The number of thiocarbonyl (C=S) groups is 1. The summed E-state index contributed by atoms with van der Waals surface area (Å²) >= 11 is 5.60. The first-order valence-electron chi connectivity index (χ1n) is 7.72. The van der Waals surface area contributed by atoms with Gasteiger partial charge in [-0.2, -0.15) is 0 Å². The van der Waals surface area contributed by atoms with Gasteiger partial charge in [0.2, 0.25) is 0 Å². The molecule has 0 saturated heterocycles. The van der Waals surface area contributed by atoms with Crippen molar-refractivity contribution < 1.29 is 0 Å². The summed E-state index contributed by atoms with van der Waals surface area (Å²) in [5.74, 6) is 0. The molecular formula is C15H30N2S. The summed E-state index contributed by atoms with van der Waals surface area (Å²) in [7, 11) is 0. The molecule has 2 nitrogen and oxygen atoms in total. The van der Waals surface area contributed by atoms with Crippen LogP contribution in [0.4, 0.5) is 0 Å². The fraction of sp³-hybridized carbons (Fsp3) is 0.933. The van der Waals surface area contributed by atoms with Crippen molar-refractivity contribution in [3.8, 4) is 0 Å². The molecule has 0 atom stereocenters. The Bertz CT molecular complexity index is 235. The van der Waals surface area contributed by atoms with Gasteiger partial charge in [0.15, 0.2) is 5.11 Å². The largest absolute Gasteiger partial charge is 0.360 e. The Kier molecular flexibility index (Phi) is 7.64. The lowest BCUT2D eigenvalue weighted by Crippen LogP contribution is -2.48. The number of hydrogen-bond donors (Lipinski definition) is 1. The minimum Gasteiger partial charge on any atom is -0.360 e. The van der Waals surface area contributed by atoms with Crippen molar-refractivity contribution in [1.29, 1.82) is 0 Å². The van der Waals surface area contributed by atoms with E-state index in [1.165, 1.54) is 51.4 Å². The van der Waals surface area contributed by atoms with Gasteiger partial charge in [-0.15, -0.1) is 0 Å². The number of unbranched alkanes of at least 4 members (excludes halogenated alkanes) is 2. The number of nitrogens with zero attached hydrogens (tertiary/aromatic N) is 1. The highest BCUT2D eigenvalue weighted by Crippen LogP contribution is 2.18. The zero-order chi connectivity index (χ0) is 13.4. The quantitative estimate of drug-likeness (QED) is 0.578. The van der Waals surface area contributed by atoms with Gasteiger partial charge in [-0.05, 0) is 45.3 Å². The van der Waals surface area contributed by atoms with E-state index < -0.39 is 0 Å². The molecule has 0 unspecified atom stereocenters. The monoisotopic (exact) mass is 270 g/mol. The average Bonchev–Trinajstić information content (AvgIpc) is 2.35. The topological polar surface area (TPSA) is 15.3 Å². The van der Waals surface area contributed by atoms with Gasteiger partial charge in [-0.25, -0.2) is 0 Å². The van der Waals surface area contributed by atoms with Crippen LogP contribution < -0.4 is 5.32 Å². The van der Waals surface area contributed by atoms with E-state index in [9.17, 15) is 0 Å². The van der Waals surface area contributed by atoms with Crippen LogP contribution in [0.3, 0.4) is 0 Å². The summed E-state index contributed by atoms with van der Waals surface area (Å²) in [6.07, 6.45) is 10.5. The third kappa shape index (κ3) is 5.55. The molecule has 1 N–H and O–H groups in total. The van der Waals surface area contributed by atoms with E-state index in [4.69, 9.17) is 12.2 Å². The van der Waals surface area contributed by atoms with Crippen LogP contribution in [0.5, 0.6) is 0 Å². The van der Waals surface area contributed by atoms with Crippen LogP contribution >= 0.6 is 12.2 Å². The molecule has 1 aliphatic rings. The molecule has 0 spiro atoms. The molecule has 0 amide bonds. The van der Waals surface area contributed by atoms with E-state index >= 15 is 0 Å². The molecule has 18 heavy (non-hydrogen) atoms. The molecule has 0 aromatic heterocycles. The highest BCUT2D eigenvalue weighted by molar-refractivity contribution is 7.80. The van der Waals surface area contributed by atoms with E-state index in [-0.39, 0.29) is 0 Å². The highest BCUT2D eigenvalue weighted by Gasteiger charge is 2.18. The first-order chi connectivity index (χ1) is 8.65. The lowest BCUT2D eigenvalue weighted by molar-refractivity contribution is 0.321. The summed E-state index contributed by atoms with van der Waals surface area (Å²) < 4.78 is 0. The predicted molar refractivity (Wildman–Crippen MR) is 84.0 cm³/mol. The van der Waals surface area contributed by atoms with Gasteiger partial charge in [-0.1, -0.05) is 39.0 Å². The van der Waals surface area contributed by atoms with E-state index in [0.29, 0.717) is 12.1 Å². The second-order valence-electron chi connectivity index (χ2n) is 5.78. The number of nitrogens with one attached hydrogen (secondary N) is 1. The fourth-order valence-corrected chi connectivity index (χ4v) is 3.10. The molecule has 106 valence electrons. The summed E-state index contributed by atoms with van der Waals surface area (Å²) in [4.78, 5) is 2.36. The average molecular weight is 270 g/mol. The number of rotatable bonds is 6. The van der Waals surface area contributed by atoms with Crippen LogP contribution in [-0.2, 0) is 0 Å². The molecule has 1 aliphatic carbocycles. The minimum atomic E-state index is 0.505. The standard InChI is InChI=1S/C15H30N2S/c1-4-5-9-12-17(13(2)3)15(18)16-14-10-7-6-8-11-14/h13-14H,4-12H2,1-3H3,(H,16,18). The molecule has 0 bridgehead atoms. The third-order valence-corrected chi connectivity index (χ3v) is 4.17. The first kappa shape index (κ1) is 15.7. The maximum Gasteiger partial charge on any atom is 0.169 e. The molecule has 0 radical (unpaired) electrons. The molecular weight excluding hydrogens is 240 g/mol. The molecule has 1 rings (SSSR count). The fourth-order valence-electron chi connectivity index (χ4n) is 2.63. The van der Waals surface area contributed by atoms with Crippen LogP contribution in [0.25, 0.3) is 0 Å². The van der Waals surface area contributed by atoms with Crippen LogP contribution in [0.15, 0.2) is 0 Å². The predicted octanol–water partition coefficient (Wildman–Crippen LogP) is 4.09. The van der Waals surface area contributed by atoms with Crippen molar-refractivity contribution in [3.05, 3.63) is 0 Å². The Hall–Kier alpha value is -0.310. The highest BCUT2D eigenvalue weighted by atomic mass is 32.1. The second-order valence-corrected chi connectivity index (χ2v) is 6.17. The summed E-state index contributed by atoms with van der Waals surface area (Å²) in [5, 5.41) is 4.56. The van der Waals surface area contributed by atoms with Gasteiger partial charge < -0.3 is 10.2 Å². The summed E-state index contributed by atoms with van der Waals surface area (Å²) in [5.41, 5.74) is 0. The Morgan fingerprint density at radius 2 is 1.89 bits per heavy atom. The maximum atomic E-state index is 5.60. The summed E-state index contributed by atoms with van der Waals surface area (Å²) in [6.45, 7) is 7.82. The zero-order valence-electron chi connectivity index (χ0n) is 12.4. The Balaban J connectivity index is 2.37. The van der Waals surface area contributed by atoms with E-state index in [1.54, 1.807) is 0 Å². The van der Waals surface area contributed by atoms with Gasteiger partial charge in [0, 0.05) is 18.6 Å². The Morgan fingerprint density at radius 3 is 2.44 bits per heavy atom. The lowest BCUT2D eigenvalue weighted by Gasteiger charge is -2.33. The Morgan fingerprint density at radius 1 is 1.22 bits per heavy atom. The van der Waals surface area contributed by atoms with Crippen LogP contribution in [-0.4, -0.2) is 28.6 Å². The molecule has 0 aromatic carbocycles. The number of hydrogen-bond acceptors (Lipinski definition) is 1. The van der Waals surface area contributed by atoms with Crippen molar-refractivity contribution >= 4 is 17.3 Å². The lowest BCUT2D eigenvalue weighted by atomic mass is 9.96. The van der Waals surface area contributed by atoms with E-state index in [1.807, 2.05) is 0 Å². The first-order valence-corrected chi connectivity index (χ1v) is 8.13. The molecule has 1 fully saturated rings.